The number of imidazole rings is 4. The van der Waals surface area contributed by atoms with Gasteiger partial charge in [-0.2, -0.15) is 0 Å². The summed E-state index contributed by atoms with van der Waals surface area (Å²) >= 11 is 0. The summed E-state index contributed by atoms with van der Waals surface area (Å²) < 4.78 is 29.5. The molecule has 0 spiro atoms. The average molecular weight is 1430 g/mol. The highest BCUT2D eigenvalue weighted by Gasteiger charge is 2.25. The SMILES string of the molecule is CCCCNc1c(-c2ccc(-c3c(C)noc3C)cc2)nc2ccccn12.Cc1noc(C)c1-c1ccc(-c2nc3ccccn3c2NC(C)(C)C)cn1.Cc1noc(C)c1-c1ccc(-c2nc3ccccn3c2NC(C)(C)C)nc1.Cc1noc(C)c1-c1ccc(-c2nc3ccccn3c2NC(C)C)cc1. The first-order valence-corrected chi connectivity index (χ1v) is 36.2. The molecule has 0 unspecified atom stereocenters. The predicted molar refractivity (Wildman–Crippen MR) is 427 cm³/mol. The minimum absolute atomic E-state index is 0.0926. The summed E-state index contributed by atoms with van der Waals surface area (Å²) in [6.45, 7) is 35.7. The molecule has 14 aromatic heterocycles. The molecule has 0 saturated carbocycles. The van der Waals surface area contributed by atoms with Crippen molar-refractivity contribution in [1.82, 2.24) is 68.1 Å². The Hall–Kier alpha value is -12.5. The standard InChI is InChI=1S/C22H24N4O.2C21H23N5O.C21H22N4O/c1-4-5-13-23-22-21(24-19-8-6-7-14-26(19)22)18-11-9-17(10-12-18)20-15(2)25-27-16(20)3;1-13-18(14(2)27-25-13)16-10-9-15(12-22-16)19-20(24-21(3,4)5)26-11-7-6-8-17(26)23-19;1-13-18(14(2)27-25-13)15-9-10-16(22-12-15)19-20(24-21(3,4)5)26-11-7-6-8-17(26)23-19;1-13(2)22-21-20(23-18-7-5-6-12-25(18)21)17-10-8-16(9-11-17)19-14(3)24-26-15(19)4/h6-12,14,23H,4-5,13H2,1-3H3;2*6-12,24H,1-5H3;5-13,22H,1-4H3. The number of anilines is 4. The molecule has 0 bridgehead atoms. The van der Waals surface area contributed by atoms with E-state index in [0.29, 0.717) is 6.04 Å². The van der Waals surface area contributed by atoms with Crippen molar-refractivity contribution in [1.29, 1.82) is 0 Å². The van der Waals surface area contributed by atoms with Crippen molar-refractivity contribution in [3.8, 4) is 89.8 Å². The van der Waals surface area contributed by atoms with E-state index in [9.17, 15) is 0 Å². The third-order valence-corrected chi connectivity index (χ3v) is 18.0. The molecule has 16 rings (SSSR count). The minimum atomic E-state index is -0.100. The van der Waals surface area contributed by atoms with Gasteiger partial charge in [-0.15, -0.1) is 0 Å². The molecule has 0 aliphatic carbocycles. The Labute approximate surface area is 622 Å². The van der Waals surface area contributed by atoms with Gasteiger partial charge in [0.25, 0.3) is 0 Å². The maximum atomic E-state index is 5.30. The largest absolute Gasteiger partial charge is 0.369 e. The number of rotatable bonds is 16. The molecule has 0 saturated heterocycles. The Morgan fingerprint density at radius 1 is 0.364 bits per heavy atom. The monoisotopic (exact) mass is 1430 g/mol. The topological polar surface area (TPSA) is 247 Å². The van der Waals surface area contributed by atoms with Crippen LogP contribution in [0.3, 0.4) is 0 Å². The van der Waals surface area contributed by atoms with Crippen LogP contribution in [0.1, 0.15) is 121 Å². The zero-order valence-corrected chi connectivity index (χ0v) is 63.9. The van der Waals surface area contributed by atoms with Crippen LogP contribution in [0.5, 0.6) is 0 Å². The third kappa shape index (κ3) is 15.8. The zero-order valence-electron chi connectivity index (χ0n) is 63.9. The van der Waals surface area contributed by atoms with Crippen molar-refractivity contribution < 1.29 is 18.1 Å². The lowest BCUT2D eigenvalue weighted by molar-refractivity contribution is 0.393. The van der Waals surface area contributed by atoms with Crippen LogP contribution >= 0.6 is 0 Å². The smallest absolute Gasteiger partial charge is 0.143 e. The van der Waals surface area contributed by atoms with Crippen LogP contribution < -0.4 is 21.3 Å². The molecule has 0 amide bonds. The molecule has 0 aliphatic heterocycles. The molecule has 2 aromatic carbocycles. The van der Waals surface area contributed by atoms with Gasteiger partial charge in [0.05, 0.1) is 39.7 Å². The minimum Gasteiger partial charge on any atom is -0.369 e. The van der Waals surface area contributed by atoms with Gasteiger partial charge >= 0.3 is 0 Å². The highest BCUT2D eigenvalue weighted by molar-refractivity contribution is 5.83. The van der Waals surface area contributed by atoms with Crippen molar-refractivity contribution in [2.24, 2.45) is 0 Å². The van der Waals surface area contributed by atoms with Gasteiger partial charge in [0, 0.05) is 99.8 Å². The van der Waals surface area contributed by atoms with E-state index >= 15 is 0 Å². The summed E-state index contributed by atoms with van der Waals surface area (Å²) in [5.41, 5.74) is 22.7. The first kappa shape index (κ1) is 72.9. The number of hydrogen-bond donors (Lipinski definition) is 4. The molecule has 0 radical (unpaired) electrons. The fourth-order valence-electron chi connectivity index (χ4n) is 13.2. The number of hydrogen-bond acceptors (Lipinski definition) is 18. The average Bonchev–Trinajstić information content (AvgIpc) is 1.64. The summed E-state index contributed by atoms with van der Waals surface area (Å²) in [4.78, 5) is 28.7. The van der Waals surface area contributed by atoms with E-state index in [1.807, 2.05) is 183 Å². The fourth-order valence-corrected chi connectivity index (χ4v) is 13.2. The molecule has 14 heterocycles. The lowest BCUT2D eigenvalue weighted by Crippen LogP contribution is -2.27. The summed E-state index contributed by atoms with van der Waals surface area (Å²) in [5.74, 6) is 7.21. The van der Waals surface area contributed by atoms with E-state index in [1.54, 1.807) is 0 Å². The lowest BCUT2D eigenvalue weighted by atomic mass is 10.0. The number of nitrogens with zero attached hydrogens (tertiary/aromatic N) is 14. The van der Waals surface area contributed by atoms with Gasteiger partial charge in [-0.05, 0) is 195 Å². The Balaban J connectivity index is 0.000000126. The van der Waals surface area contributed by atoms with Crippen molar-refractivity contribution in [2.45, 2.75) is 148 Å². The number of fused-ring (bicyclic) bond motifs is 4. The van der Waals surface area contributed by atoms with Crippen LogP contribution in [0.2, 0.25) is 0 Å². The molecule has 546 valence electrons. The number of benzene rings is 2. The van der Waals surface area contributed by atoms with Crippen molar-refractivity contribution in [3.63, 3.8) is 0 Å². The molecule has 22 nitrogen and oxygen atoms in total. The number of aromatic nitrogens is 14. The van der Waals surface area contributed by atoms with Crippen LogP contribution in [0, 0.1) is 55.4 Å². The molecular formula is C85H92N18O4. The van der Waals surface area contributed by atoms with E-state index in [2.05, 4.69) is 187 Å². The van der Waals surface area contributed by atoms with Crippen molar-refractivity contribution >= 4 is 45.9 Å². The lowest BCUT2D eigenvalue weighted by Gasteiger charge is -2.22. The first-order valence-electron chi connectivity index (χ1n) is 36.2. The van der Waals surface area contributed by atoms with Gasteiger partial charge in [-0.1, -0.05) is 113 Å². The zero-order chi connectivity index (χ0) is 75.4. The van der Waals surface area contributed by atoms with Gasteiger partial charge in [-0.3, -0.25) is 27.6 Å². The van der Waals surface area contributed by atoms with Crippen LogP contribution in [0.4, 0.5) is 23.3 Å². The molecule has 16 aromatic rings. The molecule has 4 N–H and O–H groups in total. The van der Waals surface area contributed by atoms with Crippen LogP contribution in [0.25, 0.3) is 112 Å². The second kappa shape index (κ2) is 30.7. The number of aryl methyl sites for hydroxylation is 8. The second-order valence-corrected chi connectivity index (χ2v) is 29.1. The van der Waals surface area contributed by atoms with E-state index < -0.39 is 0 Å². The third-order valence-electron chi connectivity index (χ3n) is 18.0. The number of nitrogens with one attached hydrogen (secondary N) is 4. The van der Waals surface area contributed by atoms with E-state index in [0.717, 1.165) is 201 Å². The summed E-state index contributed by atoms with van der Waals surface area (Å²) in [5, 5.41) is 30.4. The highest BCUT2D eigenvalue weighted by atomic mass is 16.5. The Kier molecular flexibility index (Phi) is 20.9. The van der Waals surface area contributed by atoms with Gasteiger partial charge in [0.15, 0.2) is 0 Å². The first-order chi connectivity index (χ1) is 51.4. The van der Waals surface area contributed by atoms with Gasteiger partial charge in [0.2, 0.25) is 0 Å². The highest BCUT2D eigenvalue weighted by Crippen LogP contribution is 2.38. The normalized spacial score (nSPS) is 11.6. The van der Waals surface area contributed by atoms with Crippen LogP contribution in [0.15, 0.2) is 201 Å². The van der Waals surface area contributed by atoms with Crippen LogP contribution in [-0.4, -0.2) is 91.8 Å². The maximum absolute atomic E-state index is 5.30. The number of unbranched alkanes of at least 4 members (excludes halogenated alkanes) is 1. The maximum Gasteiger partial charge on any atom is 0.143 e. The second-order valence-electron chi connectivity index (χ2n) is 29.1. The van der Waals surface area contributed by atoms with Crippen molar-refractivity contribution in [3.05, 3.63) is 229 Å². The van der Waals surface area contributed by atoms with E-state index in [1.165, 1.54) is 0 Å². The molecule has 0 aliphatic rings. The van der Waals surface area contributed by atoms with Crippen LogP contribution in [-0.2, 0) is 0 Å². The Morgan fingerprint density at radius 2 is 0.701 bits per heavy atom. The summed E-state index contributed by atoms with van der Waals surface area (Å²) in [6, 6.07) is 49.4. The summed E-state index contributed by atoms with van der Waals surface area (Å²) in [6.07, 6.45) is 14.1. The summed E-state index contributed by atoms with van der Waals surface area (Å²) in [7, 11) is 0. The molecule has 0 atom stereocenters. The quantitative estimate of drug-likeness (QED) is 0.0657. The van der Waals surface area contributed by atoms with E-state index in [4.69, 9.17) is 38.0 Å². The fraction of sp³-hybridized carbons (Fsp3) is 0.271. The predicted octanol–water partition coefficient (Wildman–Crippen LogP) is 20.3. The van der Waals surface area contributed by atoms with Gasteiger partial charge < -0.3 is 39.4 Å². The van der Waals surface area contributed by atoms with Gasteiger partial charge in [0.1, 0.15) is 91.7 Å². The molecule has 0 fully saturated rings. The Bertz CT molecular complexity index is 5470. The molecule has 107 heavy (non-hydrogen) atoms. The molecular weight excluding hydrogens is 1340 g/mol. The van der Waals surface area contributed by atoms with Gasteiger partial charge in [-0.25, -0.2) is 19.9 Å². The van der Waals surface area contributed by atoms with E-state index in [-0.39, 0.29) is 11.1 Å². The number of pyridine rings is 6. The molecule has 22 heteroatoms. The van der Waals surface area contributed by atoms with Crippen molar-refractivity contribution in [2.75, 3.05) is 27.8 Å². The Morgan fingerprint density at radius 3 is 1.08 bits per heavy atom.